The molecule has 0 aliphatic carbocycles. The minimum atomic E-state index is 0.241. The van der Waals surface area contributed by atoms with Crippen LogP contribution in [-0.4, -0.2) is 18.7 Å². The van der Waals surface area contributed by atoms with Crippen molar-refractivity contribution in [1.82, 2.24) is 5.32 Å². The third kappa shape index (κ3) is 5.09. The fourth-order valence-electron chi connectivity index (χ4n) is 2.07. The molecule has 1 rings (SSSR count). The summed E-state index contributed by atoms with van der Waals surface area (Å²) in [6.45, 7) is 11.8. The lowest BCUT2D eigenvalue weighted by Crippen LogP contribution is -2.31. The number of rotatable bonds is 7. The van der Waals surface area contributed by atoms with Crippen molar-refractivity contribution in [2.45, 2.75) is 59.6 Å². The van der Waals surface area contributed by atoms with Crippen LogP contribution >= 0.6 is 0 Å². The molecular formula is C16H27NO. The maximum atomic E-state index is 6.04. The highest BCUT2D eigenvalue weighted by atomic mass is 16.5. The van der Waals surface area contributed by atoms with E-state index in [1.807, 2.05) is 0 Å². The van der Waals surface area contributed by atoms with Crippen molar-refractivity contribution < 1.29 is 4.74 Å². The summed E-state index contributed by atoms with van der Waals surface area (Å²) in [7, 11) is 0. The third-order valence-corrected chi connectivity index (χ3v) is 3.10. The highest BCUT2D eigenvalue weighted by Crippen LogP contribution is 2.21. The first-order valence-electron chi connectivity index (χ1n) is 7.00. The molecule has 0 aromatic heterocycles. The predicted octanol–water partition coefficient (Wildman–Crippen LogP) is 3.85. The van der Waals surface area contributed by atoms with Gasteiger partial charge >= 0.3 is 0 Å². The Morgan fingerprint density at radius 2 is 1.94 bits per heavy atom. The lowest BCUT2D eigenvalue weighted by molar-refractivity contribution is 0.194. The molecule has 0 fully saturated rings. The zero-order valence-electron chi connectivity index (χ0n) is 12.4. The molecule has 1 aromatic carbocycles. The van der Waals surface area contributed by atoms with E-state index in [-0.39, 0.29) is 6.10 Å². The van der Waals surface area contributed by atoms with E-state index in [0.29, 0.717) is 6.04 Å². The van der Waals surface area contributed by atoms with Crippen LogP contribution in [0.25, 0.3) is 0 Å². The van der Waals surface area contributed by atoms with Crippen LogP contribution in [0.3, 0.4) is 0 Å². The van der Waals surface area contributed by atoms with Gasteiger partial charge in [0.25, 0.3) is 0 Å². The van der Waals surface area contributed by atoms with Crippen LogP contribution in [0.1, 0.15) is 44.7 Å². The highest BCUT2D eigenvalue weighted by Gasteiger charge is 2.10. The topological polar surface area (TPSA) is 21.3 Å². The Balaban J connectivity index is 2.48. The smallest absolute Gasteiger partial charge is 0.122 e. The molecular weight excluding hydrogens is 222 g/mol. The van der Waals surface area contributed by atoms with Crippen LogP contribution in [-0.2, 0) is 0 Å². The van der Waals surface area contributed by atoms with Gasteiger partial charge in [0, 0.05) is 6.04 Å². The van der Waals surface area contributed by atoms with Gasteiger partial charge in [-0.3, -0.25) is 0 Å². The summed E-state index contributed by atoms with van der Waals surface area (Å²) in [5.74, 6) is 1.02. The van der Waals surface area contributed by atoms with Crippen molar-refractivity contribution in [2.75, 3.05) is 6.54 Å². The van der Waals surface area contributed by atoms with Gasteiger partial charge in [0.15, 0.2) is 0 Å². The van der Waals surface area contributed by atoms with Gasteiger partial charge in [0.2, 0.25) is 0 Å². The van der Waals surface area contributed by atoms with Gasteiger partial charge in [-0.15, -0.1) is 0 Å². The second-order valence-electron chi connectivity index (χ2n) is 5.29. The zero-order chi connectivity index (χ0) is 13.5. The SMILES string of the molecule is CCCNC(C)CC(C)Oc1cc(C)ccc1C. The van der Waals surface area contributed by atoms with Crippen LogP contribution in [0.5, 0.6) is 5.75 Å². The molecule has 2 atom stereocenters. The molecule has 0 spiro atoms. The number of aryl methyl sites for hydroxylation is 2. The average molecular weight is 249 g/mol. The van der Waals surface area contributed by atoms with Crippen LogP contribution in [0, 0.1) is 13.8 Å². The predicted molar refractivity (Wildman–Crippen MR) is 78.4 cm³/mol. The largest absolute Gasteiger partial charge is 0.490 e. The van der Waals surface area contributed by atoms with Crippen molar-refractivity contribution in [3.05, 3.63) is 29.3 Å². The van der Waals surface area contributed by atoms with Gasteiger partial charge in [0.05, 0.1) is 6.10 Å². The Hall–Kier alpha value is -1.02. The molecule has 0 saturated heterocycles. The van der Waals surface area contributed by atoms with Crippen LogP contribution in [0.15, 0.2) is 18.2 Å². The molecule has 102 valence electrons. The van der Waals surface area contributed by atoms with Crippen molar-refractivity contribution in [3.8, 4) is 5.75 Å². The van der Waals surface area contributed by atoms with Crippen LogP contribution in [0.4, 0.5) is 0 Å². The van der Waals surface area contributed by atoms with Crippen LogP contribution in [0.2, 0.25) is 0 Å². The van der Waals surface area contributed by atoms with Gasteiger partial charge in [0.1, 0.15) is 5.75 Å². The quantitative estimate of drug-likeness (QED) is 0.792. The van der Waals surface area contributed by atoms with Gasteiger partial charge in [-0.25, -0.2) is 0 Å². The summed E-state index contributed by atoms with van der Waals surface area (Å²) >= 11 is 0. The standard InChI is InChI=1S/C16H27NO/c1-6-9-17-14(4)11-15(5)18-16-10-12(2)7-8-13(16)3/h7-8,10,14-15,17H,6,9,11H2,1-5H3. The first-order valence-corrected chi connectivity index (χ1v) is 7.00. The van der Waals surface area contributed by atoms with E-state index in [1.165, 1.54) is 17.5 Å². The summed E-state index contributed by atoms with van der Waals surface area (Å²) in [5.41, 5.74) is 2.46. The van der Waals surface area contributed by atoms with E-state index in [4.69, 9.17) is 4.74 Å². The second kappa shape index (κ2) is 7.42. The molecule has 2 nitrogen and oxygen atoms in total. The molecule has 0 radical (unpaired) electrons. The molecule has 0 saturated carbocycles. The van der Waals surface area contributed by atoms with E-state index in [9.17, 15) is 0 Å². The van der Waals surface area contributed by atoms with Crippen molar-refractivity contribution in [3.63, 3.8) is 0 Å². The Labute approximate surface area is 112 Å². The Kier molecular flexibility index (Phi) is 6.20. The summed E-state index contributed by atoms with van der Waals surface area (Å²) < 4.78 is 6.04. The van der Waals surface area contributed by atoms with E-state index >= 15 is 0 Å². The Morgan fingerprint density at radius 1 is 1.22 bits per heavy atom. The van der Waals surface area contributed by atoms with Gasteiger partial charge in [-0.1, -0.05) is 19.1 Å². The third-order valence-electron chi connectivity index (χ3n) is 3.10. The number of benzene rings is 1. The molecule has 0 aliphatic rings. The van der Waals surface area contributed by atoms with E-state index < -0.39 is 0 Å². The monoisotopic (exact) mass is 249 g/mol. The summed E-state index contributed by atoms with van der Waals surface area (Å²) in [6, 6.07) is 6.87. The molecule has 0 amide bonds. The molecule has 0 aliphatic heterocycles. The first kappa shape index (κ1) is 15.0. The Morgan fingerprint density at radius 3 is 2.61 bits per heavy atom. The molecule has 18 heavy (non-hydrogen) atoms. The maximum Gasteiger partial charge on any atom is 0.122 e. The highest BCUT2D eigenvalue weighted by molar-refractivity contribution is 5.36. The van der Waals surface area contributed by atoms with Gasteiger partial charge in [-0.05, 0) is 64.3 Å². The Bertz CT molecular complexity index is 362. The lowest BCUT2D eigenvalue weighted by atomic mass is 10.1. The first-order chi connectivity index (χ1) is 8.52. The molecule has 2 unspecified atom stereocenters. The molecule has 0 heterocycles. The van der Waals surface area contributed by atoms with Gasteiger partial charge in [-0.2, -0.15) is 0 Å². The fraction of sp³-hybridized carbons (Fsp3) is 0.625. The minimum Gasteiger partial charge on any atom is -0.490 e. The van der Waals surface area contributed by atoms with Crippen LogP contribution < -0.4 is 10.1 Å². The second-order valence-corrected chi connectivity index (χ2v) is 5.29. The van der Waals surface area contributed by atoms with Crippen molar-refractivity contribution in [1.29, 1.82) is 0 Å². The molecule has 1 aromatic rings. The van der Waals surface area contributed by atoms with E-state index in [1.54, 1.807) is 0 Å². The normalized spacial score (nSPS) is 14.3. The summed E-state index contributed by atoms with van der Waals surface area (Å²) in [5, 5.41) is 3.49. The van der Waals surface area contributed by atoms with E-state index in [2.05, 4.69) is 58.1 Å². The lowest BCUT2D eigenvalue weighted by Gasteiger charge is -2.21. The number of ether oxygens (including phenoxy) is 1. The number of nitrogens with one attached hydrogen (secondary N) is 1. The van der Waals surface area contributed by atoms with Crippen molar-refractivity contribution in [2.24, 2.45) is 0 Å². The molecule has 1 N–H and O–H groups in total. The summed E-state index contributed by atoms with van der Waals surface area (Å²) in [6.07, 6.45) is 2.45. The minimum absolute atomic E-state index is 0.241. The summed E-state index contributed by atoms with van der Waals surface area (Å²) in [4.78, 5) is 0. The van der Waals surface area contributed by atoms with E-state index in [0.717, 1.165) is 18.7 Å². The fourth-order valence-corrected chi connectivity index (χ4v) is 2.07. The number of hydrogen-bond acceptors (Lipinski definition) is 2. The van der Waals surface area contributed by atoms with Gasteiger partial charge < -0.3 is 10.1 Å². The average Bonchev–Trinajstić information content (AvgIpc) is 2.31. The number of hydrogen-bond donors (Lipinski definition) is 1. The molecule has 2 heteroatoms. The zero-order valence-corrected chi connectivity index (χ0v) is 12.4. The maximum absolute atomic E-state index is 6.04. The molecule has 0 bridgehead atoms. The van der Waals surface area contributed by atoms with Crippen molar-refractivity contribution >= 4 is 0 Å².